The Morgan fingerprint density at radius 2 is 2.10 bits per heavy atom. The number of nitrogens with two attached hydrogens (primary N) is 1. The lowest BCUT2D eigenvalue weighted by molar-refractivity contribution is 0.243. The number of hydrogen-bond acceptors (Lipinski definition) is 6. The Bertz CT molecular complexity index is 771. The molecule has 3 rings (SSSR count). The average Bonchev–Trinajstić information content (AvgIpc) is 2.91. The number of rotatable bonds is 4. The van der Waals surface area contributed by atoms with Crippen molar-refractivity contribution in [2.75, 3.05) is 5.73 Å². The molecule has 0 atom stereocenters. The first kappa shape index (κ1) is 13.7. The summed E-state index contributed by atoms with van der Waals surface area (Å²) >= 11 is 1.51. The second-order valence-electron chi connectivity index (χ2n) is 4.75. The lowest BCUT2D eigenvalue weighted by Crippen LogP contribution is -2.07. The standard InChI is InChI=1S/C14H15N5OS/c1-8(2)20-11-5-9(3-4-10(11)15)21-14-12-13(17-6-16-12)18-7-19-14/h3-8H,15H2,1-2H3,(H,16,17,18,19). The molecule has 0 spiro atoms. The van der Waals surface area contributed by atoms with Crippen LogP contribution in [0.4, 0.5) is 5.69 Å². The Balaban J connectivity index is 1.93. The van der Waals surface area contributed by atoms with Crippen LogP contribution in [-0.4, -0.2) is 26.0 Å². The van der Waals surface area contributed by atoms with Gasteiger partial charge < -0.3 is 15.5 Å². The van der Waals surface area contributed by atoms with Crippen LogP contribution in [0.15, 0.2) is 40.8 Å². The lowest BCUT2D eigenvalue weighted by Gasteiger charge is -2.13. The van der Waals surface area contributed by atoms with Crippen LogP contribution in [-0.2, 0) is 0 Å². The summed E-state index contributed by atoms with van der Waals surface area (Å²) < 4.78 is 5.70. The van der Waals surface area contributed by atoms with E-state index in [9.17, 15) is 0 Å². The molecule has 0 aliphatic heterocycles. The molecule has 6 nitrogen and oxygen atoms in total. The van der Waals surface area contributed by atoms with Crippen molar-refractivity contribution >= 4 is 28.6 Å². The molecule has 0 radical (unpaired) electrons. The summed E-state index contributed by atoms with van der Waals surface area (Å²) in [6.45, 7) is 3.94. The van der Waals surface area contributed by atoms with Crippen molar-refractivity contribution in [3.63, 3.8) is 0 Å². The summed E-state index contributed by atoms with van der Waals surface area (Å²) in [5.74, 6) is 0.685. The minimum atomic E-state index is 0.0749. The molecule has 0 amide bonds. The maximum Gasteiger partial charge on any atom is 0.181 e. The summed E-state index contributed by atoms with van der Waals surface area (Å²) in [5, 5.41) is 0.817. The molecular weight excluding hydrogens is 286 g/mol. The van der Waals surface area contributed by atoms with Crippen molar-refractivity contribution in [3.8, 4) is 5.75 Å². The Morgan fingerprint density at radius 1 is 1.24 bits per heavy atom. The number of H-pyrrole nitrogens is 1. The molecule has 0 aliphatic rings. The smallest absolute Gasteiger partial charge is 0.181 e. The number of benzene rings is 1. The largest absolute Gasteiger partial charge is 0.489 e. The first-order chi connectivity index (χ1) is 10.1. The Labute approximate surface area is 126 Å². The molecule has 7 heteroatoms. The van der Waals surface area contributed by atoms with E-state index in [2.05, 4.69) is 19.9 Å². The van der Waals surface area contributed by atoms with Gasteiger partial charge in [0.2, 0.25) is 0 Å². The maximum atomic E-state index is 5.93. The second kappa shape index (κ2) is 5.61. The minimum absolute atomic E-state index is 0.0749. The van der Waals surface area contributed by atoms with Crippen molar-refractivity contribution in [3.05, 3.63) is 30.9 Å². The predicted octanol–water partition coefficient (Wildman–Crippen LogP) is 2.87. The summed E-state index contributed by atoms with van der Waals surface area (Å²) in [6.07, 6.45) is 3.19. The molecule has 0 unspecified atom stereocenters. The second-order valence-corrected chi connectivity index (χ2v) is 5.81. The molecule has 21 heavy (non-hydrogen) atoms. The monoisotopic (exact) mass is 301 g/mol. The number of imidazole rings is 1. The van der Waals surface area contributed by atoms with Gasteiger partial charge in [0, 0.05) is 4.90 Å². The molecule has 0 fully saturated rings. The van der Waals surface area contributed by atoms with E-state index in [1.807, 2.05) is 32.0 Å². The fraction of sp³-hybridized carbons (Fsp3) is 0.214. The molecule has 0 saturated heterocycles. The first-order valence-electron chi connectivity index (χ1n) is 6.51. The van der Waals surface area contributed by atoms with Gasteiger partial charge in [-0.1, -0.05) is 11.8 Å². The quantitative estimate of drug-likeness (QED) is 0.569. The van der Waals surface area contributed by atoms with E-state index >= 15 is 0 Å². The number of ether oxygens (including phenoxy) is 1. The Morgan fingerprint density at radius 3 is 2.90 bits per heavy atom. The van der Waals surface area contributed by atoms with Crippen LogP contribution in [0.1, 0.15) is 13.8 Å². The third-order valence-corrected chi connectivity index (χ3v) is 3.74. The van der Waals surface area contributed by atoms with Gasteiger partial charge in [-0.2, -0.15) is 0 Å². The van der Waals surface area contributed by atoms with E-state index in [1.165, 1.54) is 18.1 Å². The first-order valence-corrected chi connectivity index (χ1v) is 7.33. The number of aromatic nitrogens is 4. The molecule has 3 aromatic rings. The van der Waals surface area contributed by atoms with Gasteiger partial charge in [-0.05, 0) is 32.0 Å². The van der Waals surface area contributed by atoms with Gasteiger partial charge in [0.15, 0.2) is 5.65 Å². The van der Waals surface area contributed by atoms with Gasteiger partial charge in [-0.3, -0.25) is 0 Å². The number of hydrogen-bond donors (Lipinski definition) is 2. The summed E-state index contributed by atoms with van der Waals surface area (Å²) in [7, 11) is 0. The van der Waals surface area contributed by atoms with Gasteiger partial charge in [-0.25, -0.2) is 15.0 Å². The topological polar surface area (TPSA) is 89.7 Å². The third-order valence-electron chi connectivity index (χ3n) is 2.75. The zero-order valence-electron chi connectivity index (χ0n) is 11.7. The van der Waals surface area contributed by atoms with E-state index in [4.69, 9.17) is 10.5 Å². The molecular formula is C14H15N5OS. The highest BCUT2D eigenvalue weighted by atomic mass is 32.2. The van der Waals surface area contributed by atoms with Crippen molar-refractivity contribution in [1.29, 1.82) is 0 Å². The molecule has 2 aromatic heterocycles. The highest BCUT2D eigenvalue weighted by Gasteiger charge is 2.10. The Hall–Kier alpha value is -2.28. The maximum absolute atomic E-state index is 5.93. The Kier molecular flexibility index (Phi) is 3.66. The molecule has 0 bridgehead atoms. The molecule has 1 aromatic carbocycles. The average molecular weight is 301 g/mol. The van der Waals surface area contributed by atoms with Crippen LogP contribution in [0, 0.1) is 0 Å². The van der Waals surface area contributed by atoms with Gasteiger partial charge >= 0.3 is 0 Å². The van der Waals surface area contributed by atoms with Crippen molar-refractivity contribution in [2.45, 2.75) is 29.9 Å². The van der Waals surface area contributed by atoms with E-state index in [0.717, 1.165) is 15.4 Å². The fourth-order valence-electron chi connectivity index (χ4n) is 1.87. The molecule has 108 valence electrons. The highest BCUT2D eigenvalue weighted by molar-refractivity contribution is 7.99. The van der Waals surface area contributed by atoms with E-state index < -0.39 is 0 Å². The van der Waals surface area contributed by atoms with Crippen LogP contribution in [0.25, 0.3) is 11.2 Å². The van der Waals surface area contributed by atoms with Gasteiger partial charge in [0.05, 0.1) is 18.1 Å². The van der Waals surface area contributed by atoms with Crippen LogP contribution in [0.2, 0.25) is 0 Å². The number of nitrogens with one attached hydrogen (secondary N) is 1. The van der Waals surface area contributed by atoms with Crippen molar-refractivity contribution in [2.24, 2.45) is 0 Å². The van der Waals surface area contributed by atoms with E-state index in [-0.39, 0.29) is 6.10 Å². The minimum Gasteiger partial charge on any atom is -0.489 e. The number of nitrogens with zero attached hydrogens (tertiary/aromatic N) is 3. The van der Waals surface area contributed by atoms with E-state index in [0.29, 0.717) is 17.1 Å². The highest BCUT2D eigenvalue weighted by Crippen LogP contribution is 2.34. The van der Waals surface area contributed by atoms with Crippen LogP contribution in [0.3, 0.4) is 0 Å². The number of fused-ring (bicyclic) bond motifs is 1. The zero-order valence-corrected chi connectivity index (χ0v) is 12.5. The molecule has 0 saturated carbocycles. The zero-order chi connectivity index (χ0) is 14.8. The number of nitrogen functional groups attached to an aromatic ring is 1. The number of anilines is 1. The summed E-state index contributed by atoms with van der Waals surface area (Å²) in [4.78, 5) is 16.6. The SMILES string of the molecule is CC(C)Oc1cc(Sc2ncnc3nc[nH]c23)ccc1N. The van der Waals surface area contributed by atoms with Gasteiger partial charge in [0.1, 0.15) is 22.6 Å². The van der Waals surface area contributed by atoms with E-state index in [1.54, 1.807) is 6.33 Å². The number of aromatic amines is 1. The van der Waals surface area contributed by atoms with Gasteiger partial charge in [-0.15, -0.1) is 0 Å². The predicted molar refractivity (Wildman–Crippen MR) is 82.4 cm³/mol. The normalized spacial score (nSPS) is 11.2. The third kappa shape index (κ3) is 2.92. The van der Waals surface area contributed by atoms with Crippen LogP contribution < -0.4 is 10.5 Å². The van der Waals surface area contributed by atoms with Gasteiger partial charge in [0.25, 0.3) is 0 Å². The summed E-state index contributed by atoms with van der Waals surface area (Å²) in [5.41, 5.74) is 8.04. The van der Waals surface area contributed by atoms with Crippen molar-refractivity contribution < 1.29 is 4.74 Å². The molecule has 3 N–H and O–H groups in total. The fourth-order valence-corrected chi connectivity index (χ4v) is 2.74. The van der Waals surface area contributed by atoms with Crippen molar-refractivity contribution in [1.82, 2.24) is 19.9 Å². The lowest BCUT2D eigenvalue weighted by atomic mass is 10.3. The summed E-state index contributed by atoms with van der Waals surface area (Å²) in [6, 6.07) is 5.70. The van der Waals surface area contributed by atoms with Crippen LogP contribution >= 0.6 is 11.8 Å². The molecule has 0 aliphatic carbocycles. The molecule has 2 heterocycles. The van der Waals surface area contributed by atoms with Crippen LogP contribution in [0.5, 0.6) is 5.75 Å².